The Balaban J connectivity index is 1.16. The highest BCUT2D eigenvalue weighted by atomic mass is 16.5. The second-order valence-electron chi connectivity index (χ2n) is 8.11. The number of rotatable bonds is 6. The maximum Gasteiger partial charge on any atom is 0.244 e. The largest absolute Gasteiger partial charge is 0.489 e. The quantitative estimate of drug-likeness (QED) is 0.595. The fraction of sp³-hybridized carbons (Fsp3) is 0.292. The zero-order valence-corrected chi connectivity index (χ0v) is 16.4. The van der Waals surface area contributed by atoms with Gasteiger partial charge in [-0.05, 0) is 48.1 Å². The summed E-state index contributed by atoms with van der Waals surface area (Å²) >= 11 is 0. The molecule has 152 valence electrons. The predicted molar refractivity (Wildman–Crippen MR) is 110 cm³/mol. The van der Waals surface area contributed by atoms with Gasteiger partial charge in [-0.3, -0.25) is 19.3 Å². The zero-order valence-electron chi connectivity index (χ0n) is 16.4. The molecule has 5 rings (SSSR count). The lowest BCUT2D eigenvalue weighted by Gasteiger charge is -2.17. The number of hydrogen-bond donors (Lipinski definition) is 1. The fourth-order valence-corrected chi connectivity index (χ4v) is 4.84. The van der Waals surface area contributed by atoms with E-state index in [0.717, 1.165) is 16.9 Å². The van der Waals surface area contributed by atoms with Crippen LogP contribution in [0.5, 0.6) is 5.75 Å². The first-order chi connectivity index (χ1) is 14.6. The monoisotopic (exact) mass is 402 g/mol. The molecule has 0 aromatic heterocycles. The SMILES string of the molecule is O=C(CN1C(=O)[C@@H]2[C@H](C1=O)[C@H]1C=C[C@H]2C1)Nc1ccc(OCc2ccccc2)cc1. The third-order valence-corrected chi connectivity index (χ3v) is 6.25. The average molecular weight is 402 g/mol. The molecule has 6 heteroatoms. The molecule has 3 amide bonds. The normalized spacial score (nSPS) is 26.2. The van der Waals surface area contributed by atoms with E-state index in [2.05, 4.69) is 5.32 Å². The van der Waals surface area contributed by atoms with Crippen molar-refractivity contribution in [3.05, 3.63) is 72.3 Å². The number of likely N-dealkylation sites (tertiary alicyclic amines) is 1. The van der Waals surface area contributed by atoms with Crippen molar-refractivity contribution in [3.8, 4) is 5.75 Å². The molecule has 1 aliphatic heterocycles. The van der Waals surface area contributed by atoms with Crippen LogP contribution >= 0.6 is 0 Å². The van der Waals surface area contributed by atoms with Crippen molar-refractivity contribution in [3.63, 3.8) is 0 Å². The molecule has 2 aromatic rings. The number of amides is 3. The summed E-state index contributed by atoms with van der Waals surface area (Å²) in [6.45, 7) is 0.223. The number of benzene rings is 2. The van der Waals surface area contributed by atoms with Crippen LogP contribution in [0.3, 0.4) is 0 Å². The highest BCUT2D eigenvalue weighted by Gasteiger charge is 2.59. The Labute approximate surface area is 174 Å². The van der Waals surface area contributed by atoms with E-state index in [1.54, 1.807) is 24.3 Å². The Bertz CT molecular complexity index is 985. The van der Waals surface area contributed by atoms with Gasteiger partial charge in [0.2, 0.25) is 17.7 Å². The van der Waals surface area contributed by atoms with Gasteiger partial charge in [-0.2, -0.15) is 0 Å². The molecule has 2 fully saturated rings. The van der Waals surface area contributed by atoms with Crippen LogP contribution in [0, 0.1) is 23.7 Å². The van der Waals surface area contributed by atoms with E-state index in [1.807, 2.05) is 42.5 Å². The van der Waals surface area contributed by atoms with E-state index < -0.39 is 0 Å². The molecule has 2 aromatic carbocycles. The van der Waals surface area contributed by atoms with Crippen molar-refractivity contribution in [2.75, 3.05) is 11.9 Å². The van der Waals surface area contributed by atoms with Gasteiger partial charge in [0, 0.05) is 5.69 Å². The number of allylic oxidation sites excluding steroid dienone is 2. The summed E-state index contributed by atoms with van der Waals surface area (Å²) in [5.41, 5.74) is 1.66. The highest BCUT2D eigenvalue weighted by Crippen LogP contribution is 2.52. The summed E-state index contributed by atoms with van der Waals surface area (Å²) in [6.07, 6.45) is 4.97. The average Bonchev–Trinajstić information content (AvgIpc) is 3.44. The summed E-state index contributed by atoms with van der Waals surface area (Å²) in [7, 11) is 0. The molecule has 2 bridgehead atoms. The van der Waals surface area contributed by atoms with Gasteiger partial charge in [-0.15, -0.1) is 0 Å². The summed E-state index contributed by atoms with van der Waals surface area (Å²) in [5.74, 6) is -0.362. The fourth-order valence-electron chi connectivity index (χ4n) is 4.84. The summed E-state index contributed by atoms with van der Waals surface area (Å²) in [4.78, 5) is 38.9. The summed E-state index contributed by atoms with van der Waals surface area (Å²) in [5, 5.41) is 2.76. The van der Waals surface area contributed by atoms with Gasteiger partial charge < -0.3 is 10.1 Å². The molecular formula is C24H22N2O4. The van der Waals surface area contributed by atoms with Crippen LogP contribution in [0.1, 0.15) is 12.0 Å². The highest BCUT2D eigenvalue weighted by molar-refractivity contribution is 6.09. The van der Waals surface area contributed by atoms with E-state index in [1.165, 1.54) is 0 Å². The van der Waals surface area contributed by atoms with Crippen LogP contribution in [0.2, 0.25) is 0 Å². The van der Waals surface area contributed by atoms with Crippen molar-refractivity contribution < 1.29 is 19.1 Å². The van der Waals surface area contributed by atoms with Crippen LogP contribution in [-0.4, -0.2) is 29.2 Å². The maximum absolute atomic E-state index is 12.7. The zero-order chi connectivity index (χ0) is 20.7. The number of anilines is 1. The first kappa shape index (κ1) is 18.6. The van der Waals surface area contributed by atoms with Crippen LogP contribution in [0.15, 0.2) is 66.7 Å². The van der Waals surface area contributed by atoms with Crippen molar-refractivity contribution in [2.24, 2.45) is 23.7 Å². The minimum absolute atomic E-state index is 0.146. The number of fused-ring (bicyclic) bond motifs is 5. The number of nitrogens with zero attached hydrogens (tertiary/aromatic N) is 1. The second-order valence-corrected chi connectivity index (χ2v) is 8.11. The van der Waals surface area contributed by atoms with Crippen molar-refractivity contribution in [2.45, 2.75) is 13.0 Å². The Morgan fingerprint density at radius 3 is 2.20 bits per heavy atom. The molecule has 0 radical (unpaired) electrons. The van der Waals surface area contributed by atoms with Gasteiger partial charge in [0.05, 0.1) is 11.8 Å². The molecule has 3 aliphatic rings. The van der Waals surface area contributed by atoms with E-state index in [-0.39, 0.29) is 47.9 Å². The molecule has 1 saturated heterocycles. The third kappa shape index (κ3) is 3.28. The first-order valence-electron chi connectivity index (χ1n) is 10.2. The van der Waals surface area contributed by atoms with Gasteiger partial charge in [0.1, 0.15) is 18.9 Å². The molecule has 4 atom stereocenters. The standard InChI is InChI=1S/C24H22N2O4/c27-20(13-26-23(28)21-16-6-7-17(12-16)22(21)24(26)29)25-18-8-10-19(11-9-18)30-14-15-4-2-1-3-5-15/h1-11,16-17,21-22H,12-14H2,(H,25,27)/t16-,17-,21-,22+/m0/s1. The smallest absolute Gasteiger partial charge is 0.244 e. The number of ether oxygens (including phenoxy) is 1. The van der Waals surface area contributed by atoms with E-state index in [4.69, 9.17) is 4.74 Å². The molecule has 6 nitrogen and oxygen atoms in total. The summed E-state index contributed by atoms with van der Waals surface area (Å²) in [6, 6.07) is 16.9. The Morgan fingerprint density at radius 2 is 1.57 bits per heavy atom. The molecule has 1 heterocycles. The second kappa shape index (κ2) is 7.44. The van der Waals surface area contributed by atoms with E-state index in [9.17, 15) is 14.4 Å². The molecule has 2 aliphatic carbocycles. The third-order valence-electron chi connectivity index (χ3n) is 6.25. The molecule has 30 heavy (non-hydrogen) atoms. The molecule has 0 unspecified atom stereocenters. The first-order valence-corrected chi connectivity index (χ1v) is 10.2. The van der Waals surface area contributed by atoms with Gasteiger partial charge in [-0.1, -0.05) is 42.5 Å². The minimum Gasteiger partial charge on any atom is -0.489 e. The summed E-state index contributed by atoms with van der Waals surface area (Å²) < 4.78 is 5.74. The Kier molecular flexibility index (Phi) is 4.62. The van der Waals surface area contributed by atoms with E-state index in [0.29, 0.717) is 18.0 Å². The van der Waals surface area contributed by atoms with E-state index >= 15 is 0 Å². The van der Waals surface area contributed by atoms with Gasteiger partial charge in [-0.25, -0.2) is 0 Å². The minimum atomic E-state index is -0.380. The predicted octanol–water partition coefficient (Wildman–Crippen LogP) is 3.01. The molecular weight excluding hydrogens is 380 g/mol. The van der Waals surface area contributed by atoms with Crippen molar-refractivity contribution in [1.82, 2.24) is 4.90 Å². The molecule has 0 spiro atoms. The number of nitrogens with one attached hydrogen (secondary N) is 1. The van der Waals surface area contributed by atoms with Gasteiger partial charge in [0.15, 0.2) is 0 Å². The van der Waals surface area contributed by atoms with Crippen molar-refractivity contribution in [1.29, 1.82) is 0 Å². The number of carbonyl (C=O) groups excluding carboxylic acids is 3. The lowest BCUT2D eigenvalue weighted by atomic mass is 9.85. The maximum atomic E-state index is 12.7. The lowest BCUT2D eigenvalue weighted by Crippen LogP contribution is -2.39. The number of hydrogen-bond acceptors (Lipinski definition) is 4. The number of imide groups is 1. The molecule has 1 saturated carbocycles. The van der Waals surface area contributed by atoms with Gasteiger partial charge in [0.25, 0.3) is 0 Å². The Hall–Kier alpha value is -3.41. The van der Waals surface area contributed by atoms with Crippen LogP contribution < -0.4 is 10.1 Å². The van der Waals surface area contributed by atoms with Crippen molar-refractivity contribution >= 4 is 23.4 Å². The lowest BCUT2D eigenvalue weighted by molar-refractivity contribution is -0.143. The Morgan fingerprint density at radius 1 is 0.933 bits per heavy atom. The van der Waals surface area contributed by atoms with Crippen LogP contribution in [0.25, 0.3) is 0 Å². The van der Waals surface area contributed by atoms with Crippen LogP contribution in [-0.2, 0) is 21.0 Å². The molecule has 1 N–H and O–H groups in total. The topological polar surface area (TPSA) is 75.7 Å². The van der Waals surface area contributed by atoms with Crippen LogP contribution in [0.4, 0.5) is 5.69 Å². The number of carbonyl (C=O) groups is 3. The van der Waals surface area contributed by atoms with Gasteiger partial charge >= 0.3 is 0 Å².